The highest BCUT2D eigenvalue weighted by atomic mass is 35.5. The Bertz CT molecular complexity index is 630. The number of nitrogens with zero attached hydrogens (tertiary/aromatic N) is 3. The average Bonchev–Trinajstić information content (AvgIpc) is 2.83. The first kappa shape index (κ1) is 15.2. The predicted octanol–water partition coefficient (Wildman–Crippen LogP) is 4.00. The molecular formula is C15H18ClN3S. The molecule has 1 aromatic heterocycles. The highest BCUT2D eigenvalue weighted by molar-refractivity contribution is 7.98. The quantitative estimate of drug-likeness (QED) is 0.757. The van der Waals surface area contributed by atoms with E-state index in [4.69, 9.17) is 11.6 Å². The number of thioether (sulfide) groups is 1. The smallest absolute Gasteiger partial charge is 0.111 e. The van der Waals surface area contributed by atoms with Gasteiger partial charge in [-0.1, -0.05) is 13.0 Å². The Kier molecular flexibility index (Phi) is 5.33. The van der Waals surface area contributed by atoms with Gasteiger partial charge >= 0.3 is 0 Å². The lowest BCUT2D eigenvalue weighted by molar-refractivity contribution is 0.533. The van der Waals surface area contributed by atoms with Crippen molar-refractivity contribution in [3.63, 3.8) is 0 Å². The number of hydrogen-bond acceptors (Lipinski definition) is 3. The molecule has 0 aliphatic carbocycles. The Labute approximate surface area is 128 Å². The van der Waals surface area contributed by atoms with Crippen molar-refractivity contribution in [3.8, 4) is 6.07 Å². The third-order valence-corrected chi connectivity index (χ3v) is 4.33. The van der Waals surface area contributed by atoms with E-state index in [9.17, 15) is 5.26 Å². The second kappa shape index (κ2) is 7.01. The number of hydrogen-bond donors (Lipinski definition) is 0. The van der Waals surface area contributed by atoms with Gasteiger partial charge in [0, 0.05) is 24.1 Å². The molecule has 0 aliphatic heterocycles. The number of nitriles is 1. The second-order valence-corrected chi connectivity index (χ2v) is 5.93. The number of fused-ring (bicyclic) bond motifs is 1. The topological polar surface area (TPSA) is 41.6 Å². The second-order valence-electron chi connectivity index (χ2n) is 4.64. The van der Waals surface area contributed by atoms with Crippen LogP contribution in [0.25, 0.3) is 11.0 Å². The Morgan fingerprint density at radius 2 is 2.30 bits per heavy atom. The number of benzene rings is 1. The summed E-state index contributed by atoms with van der Waals surface area (Å²) in [6.45, 7) is 2.19. The molecule has 106 valence electrons. The van der Waals surface area contributed by atoms with Gasteiger partial charge in [-0.25, -0.2) is 4.98 Å². The minimum Gasteiger partial charge on any atom is -0.324 e. The van der Waals surface area contributed by atoms with Crippen molar-refractivity contribution in [1.29, 1.82) is 5.26 Å². The van der Waals surface area contributed by atoms with Gasteiger partial charge in [-0.3, -0.25) is 0 Å². The normalized spacial score (nSPS) is 12.5. The standard InChI is InChI=1S/C15H18ClN3S/c1-3-12(10-20-2)19-13-6-4-5-11(9-17)15(13)18-14(19)7-8-16/h4-6,12H,3,7-8,10H2,1-2H3. The number of aromatic nitrogens is 2. The molecule has 2 rings (SSSR count). The third kappa shape index (κ3) is 2.79. The lowest BCUT2D eigenvalue weighted by Gasteiger charge is -2.19. The van der Waals surface area contributed by atoms with Crippen LogP contribution in [0.2, 0.25) is 0 Å². The van der Waals surface area contributed by atoms with E-state index in [0.717, 1.165) is 35.5 Å². The van der Waals surface area contributed by atoms with Crippen LogP contribution in [0.5, 0.6) is 0 Å². The lowest BCUT2D eigenvalue weighted by atomic mass is 10.2. The SMILES string of the molecule is CCC(CSC)n1c(CCCl)nc2c(C#N)cccc21. The molecule has 0 radical (unpaired) electrons. The molecule has 5 heteroatoms. The Hall–Kier alpha value is -1.18. The van der Waals surface area contributed by atoms with E-state index in [1.54, 1.807) is 0 Å². The molecule has 0 amide bonds. The molecular weight excluding hydrogens is 290 g/mol. The molecule has 0 fully saturated rings. The van der Waals surface area contributed by atoms with E-state index >= 15 is 0 Å². The molecule has 0 spiro atoms. The van der Waals surface area contributed by atoms with Gasteiger partial charge < -0.3 is 4.57 Å². The maximum absolute atomic E-state index is 9.24. The van der Waals surface area contributed by atoms with E-state index < -0.39 is 0 Å². The summed E-state index contributed by atoms with van der Waals surface area (Å²) in [4.78, 5) is 4.67. The van der Waals surface area contributed by atoms with Gasteiger partial charge in [0.15, 0.2) is 0 Å². The van der Waals surface area contributed by atoms with E-state index in [1.807, 2.05) is 30.0 Å². The van der Waals surface area contributed by atoms with E-state index in [-0.39, 0.29) is 0 Å². The van der Waals surface area contributed by atoms with Gasteiger partial charge in [0.25, 0.3) is 0 Å². The minimum absolute atomic E-state index is 0.391. The molecule has 20 heavy (non-hydrogen) atoms. The number of imidazole rings is 1. The highest BCUT2D eigenvalue weighted by Gasteiger charge is 2.18. The first-order chi connectivity index (χ1) is 9.76. The van der Waals surface area contributed by atoms with Crippen LogP contribution >= 0.6 is 23.4 Å². The summed E-state index contributed by atoms with van der Waals surface area (Å²) in [5.41, 5.74) is 2.48. The Balaban J connectivity index is 2.65. The highest BCUT2D eigenvalue weighted by Crippen LogP contribution is 2.27. The number of rotatable bonds is 6. The summed E-state index contributed by atoms with van der Waals surface area (Å²) in [7, 11) is 0. The average molecular weight is 308 g/mol. The zero-order chi connectivity index (χ0) is 14.5. The molecule has 0 bridgehead atoms. The number of para-hydroxylation sites is 1. The van der Waals surface area contributed by atoms with Crippen molar-refractivity contribution >= 4 is 34.4 Å². The molecule has 1 aromatic carbocycles. The van der Waals surface area contributed by atoms with Gasteiger partial charge in [-0.2, -0.15) is 17.0 Å². The first-order valence-corrected chi connectivity index (χ1v) is 8.64. The molecule has 0 aliphatic rings. The molecule has 0 saturated heterocycles. The summed E-state index contributed by atoms with van der Waals surface area (Å²) in [6, 6.07) is 8.41. The fraction of sp³-hybridized carbons (Fsp3) is 0.467. The summed E-state index contributed by atoms with van der Waals surface area (Å²) in [5.74, 6) is 2.56. The third-order valence-electron chi connectivity index (χ3n) is 3.43. The van der Waals surface area contributed by atoms with Crippen LogP contribution in [0.15, 0.2) is 18.2 Å². The van der Waals surface area contributed by atoms with Crippen molar-refractivity contribution in [2.75, 3.05) is 17.9 Å². The summed E-state index contributed by atoms with van der Waals surface area (Å²) >= 11 is 7.74. The van der Waals surface area contributed by atoms with Crippen LogP contribution in [0.1, 0.15) is 30.8 Å². The Morgan fingerprint density at radius 1 is 1.50 bits per heavy atom. The number of alkyl halides is 1. The van der Waals surface area contributed by atoms with Crippen LogP contribution in [0.4, 0.5) is 0 Å². The summed E-state index contributed by atoms with van der Waals surface area (Å²) in [6.07, 6.45) is 3.88. The van der Waals surface area contributed by atoms with Crippen molar-refractivity contribution in [2.24, 2.45) is 0 Å². The molecule has 1 heterocycles. The fourth-order valence-electron chi connectivity index (χ4n) is 2.49. The zero-order valence-corrected chi connectivity index (χ0v) is 13.3. The Morgan fingerprint density at radius 3 is 2.90 bits per heavy atom. The molecule has 3 nitrogen and oxygen atoms in total. The molecule has 1 atom stereocenters. The van der Waals surface area contributed by atoms with Crippen LogP contribution in [-0.4, -0.2) is 27.4 Å². The van der Waals surface area contributed by atoms with Gasteiger partial charge in [-0.05, 0) is 24.8 Å². The van der Waals surface area contributed by atoms with Crippen molar-refractivity contribution < 1.29 is 0 Å². The fourth-order valence-corrected chi connectivity index (χ4v) is 3.43. The maximum Gasteiger partial charge on any atom is 0.111 e. The van der Waals surface area contributed by atoms with E-state index in [0.29, 0.717) is 17.5 Å². The van der Waals surface area contributed by atoms with Crippen LogP contribution in [-0.2, 0) is 6.42 Å². The zero-order valence-electron chi connectivity index (χ0n) is 11.8. The summed E-state index contributed by atoms with van der Waals surface area (Å²) < 4.78 is 2.27. The number of aryl methyl sites for hydroxylation is 1. The van der Waals surface area contributed by atoms with Gasteiger partial charge in [0.05, 0.1) is 11.1 Å². The number of halogens is 1. The van der Waals surface area contributed by atoms with Crippen molar-refractivity contribution in [1.82, 2.24) is 9.55 Å². The largest absolute Gasteiger partial charge is 0.324 e. The monoisotopic (exact) mass is 307 g/mol. The first-order valence-electron chi connectivity index (χ1n) is 6.71. The van der Waals surface area contributed by atoms with Crippen LogP contribution in [0, 0.1) is 11.3 Å². The maximum atomic E-state index is 9.24. The van der Waals surface area contributed by atoms with Crippen LogP contribution in [0.3, 0.4) is 0 Å². The summed E-state index contributed by atoms with van der Waals surface area (Å²) in [5, 5.41) is 9.24. The van der Waals surface area contributed by atoms with E-state index in [2.05, 4.69) is 28.8 Å². The van der Waals surface area contributed by atoms with Crippen molar-refractivity contribution in [2.45, 2.75) is 25.8 Å². The van der Waals surface area contributed by atoms with E-state index in [1.165, 1.54) is 0 Å². The van der Waals surface area contributed by atoms with Gasteiger partial charge in [-0.15, -0.1) is 11.6 Å². The van der Waals surface area contributed by atoms with Crippen molar-refractivity contribution in [3.05, 3.63) is 29.6 Å². The van der Waals surface area contributed by atoms with Crippen LogP contribution < -0.4 is 0 Å². The van der Waals surface area contributed by atoms with Gasteiger partial charge in [0.2, 0.25) is 0 Å². The minimum atomic E-state index is 0.391. The predicted molar refractivity (Wildman–Crippen MR) is 86.6 cm³/mol. The molecule has 0 N–H and O–H groups in total. The molecule has 2 aromatic rings. The van der Waals surface area contributed by atoms with Gasteiger partial charge in [0.1, 0.15) is 17.4 Å². The molecule has 1 unspecified atom stereocenters. The lowest BCUT2D eigenvalue weighted by Crippen LogP contribution is -2.14. The molecule has 0 saturated carbocycles.